The molecular weight excluding hydrogens is 266 g/mol. The predicted molar refractivity (Wildman–Crippen MR) is 80.3 cm³/mol. The van der Waals surface area contributed by atoms with Crippen LogP contribution in [0.15, 0.2) is 54.0 Å². The standard InChI is InChI=1S/C14H11N7/c1-2-4-12-11(3-1)10(7-15-12)8-16-18-13-5-6-14-19-17-9-21(14)20-13/h1-9,15H,(H,18,20). The summed E-state index contributed by atoms with van der Waals surface area (Å²) < 4.78 is 1.59. The molecule has 0 radical (unpaired) electrons. The van der Waals surface area contributed by atoms with Gasteiger partial charge in [-0.25, -0.2) is 0 Å². The summed E-state index contributed by atoms with van der Waals surface area (Å²) in [6.45, 7) is 0. The van der Waals surface area contributed by atoms with E-state index in [-0.39, 0.29) is 0 Å². The third-order valence-corrected chi connectivity index (χ3v) is 3.17. The summed E-state index contributed by atoms with van der Waals surface area (Å²) in [4.78, 5) is 3.20. The van der Waals surface area contributed by atoms with E-state index in [2.05, 4.69) is 36.9 Å². The van der Waals surface area contributed by atoms with Crippen molar-refractivity contribution < 1.29 is 0 Å². The number of benzene rings is 1. The van der Waals surface area contributed by atoms with Gasteiger partial charge in [-0.15, -0.1) is 15.3 Å². The van der Waals surface area contributed by atoms with Crippen LogP contribution in [0, 0.1) is 0 Å². The Kier molecular flexibility index (Phi) is 2.60. The number of nitrogens with zero attached hydrogens (tertiary/aromatic N) is 5. The molecule has 0 amide bonds. The molecule has 3 heterocycles. The Morgan fingerprint density at radius 2 is 2.14 bits per heavy atom. The first-order valence-corrected chi connectivity index (χ1v) is 6.42. The Balaban J connectivity index is 1.58. The van der Waals surface area contributed by atoms with Crippen LogP contribution in [-0.2, 0) is 0 Å². The fourth-order valence-electron chi connectivity index (χ4n) is 2.16. The molecule has 4 rings (SSSR count). The number of hydrogen-bond acceptors (Lipinski definition) is 5. The van der Waals surface area contributed by atoms with Gasteiger partial charge < -0.3 is 4.98 Å². The van der Waals surface area contributed by atoms with E-state index < -0.39 is 0 Å². The largest absolute Gasteiger partial charge is 0.361 e. The van der Waals surface area contributed by atoms with Crippen molar-refractivity contribution in [1.29, 1.82) is 0 Å². The molecule has 4 aromatic rings. The molecule has 0 spiro atoms. The van der Waals surface area contributed by atoms with Gasteiger partial charge in [0.2, 0.25) is 0 Å². The van der Waals surface area contributed by atoms with Crippen molar-refractivity contribution in [3.05, 3.63) is 54.5 Å². The molecule has 0 atom stereocenters. The minimum Gasteiger partial charge on any atom is -0.361 e. The average molecular weight is 277 g/mol. The van der Waals surface area contributed by atoms with Crippen LogP contribution in [0.2, 0.25) is 0 Å². The molecule has 0 bridgehead atoms. The number of fused-ring (bicyclic) bond motifs is 2. The molecule has 2 N–H and O–H groups in total. The Hall–Kier alpha value is -3.22. The van der Waals surface area contributed by atoms with Crippen molar-refractivity contribution >= 4 is 28.6 Å². The molecule has 102 valence electrons. The third-order valence-electron chi connectivity index (χ3n) is 3.17. The van der Waals surface area contributed by atoms with E-state index >= 15 is 0 Å². The number of aromatic nitrogens is 5. The van der Waals surface area contributed by atoms with Crippen molar-refractivity contribution in [1.82, 2.24) is 24.8 Å². The minimum atomic E-state index is 0.624. The number of hydrazone groups is 1. The zero-order valence-electron chi connectivity index (χ0n) is 10.9. The highest BCUT2D eigenvalue weighted by Crippen LogP contribution is 2.15. The number of hydrogen-bond donors (Lipinski definition) is 2. The van der Waals surface area contributed by atoms with Gasteiger partial charge in [-0.2, -0.15) is 9.62 Å². The molecule has 0 fully saturated rings. The van der Waals surface area contributed by atoms with Crippen LogP contribution >= 0.6 is 0 Å². The molecule has 7 nitrogen and oxygen atoms in total. The summed E-state index contributed by atoms with van der Waals surface area (Å²) in [5, 5.41) is 17.3. The summed E-state index contributed by atoms with van der Waals surface area (Å²) in [5.74, 6) is 0.624. The Bertz CT molecular complexity index is 934. The van der Waals surface area contributed by atoms with Crippen LogP contribution in [-0.4, -0.2) is 31.0 Å². The van der Waals surface area contributed by atoms with Crippen molar-refractivity contribution in [2.45, 2.75) is 0 Å². The molecule has 0 saturated heterocycles. The number of nitrogens with one attached hydrogen (secondary N) is 2. The molecule has 7 heteroatoms. The maximum Gasteiger partial charge on any atom is 0.177 e. The normalized spacial score (nSPS) is 11.6. The summed E-state index contributed by atoms with van der Waals surface area (Å²) >= 11 is 0. The molecular formula is C14H11N7. The quantitative estimate of drug-likeness (QED) is 0.443. The first-order chi connectivity index (χ1) is 10.4. The number of aromatic amines is 1. The van der Waals surface area contributed by atoms with Gasteiger partial charge in [-0.05, 0) is 18.2 Å². The molecule has 0 aliphatic rings. The topological polar surface area (TPSA) is 83.3 Å². The second-order valence-corrected chi connectivity index (χ2v) is 4.51. The lowest BCUT2D eigenvalue weighted by molar-refractivity contribution is 0.925. The SMILES string of the molecule is C(=NNc1ccc2nncn2n1)c1c[nH]c2ccccc12. The van der Waals surface area contributed by atoms with Crippen LogP contribution < -0.4 is 5.43 Å². The van der Waals surface area contributed by atoms with Crippen LogP contribution in [0.3, 0.4) is 0 Å². The summed E-state index contributed by atoms with van der Waals surface area (Å²) in [5.41, 5.74) is 5.70. The van der Waals surface area contributed by atoms with Crippen LogP contribution in [0.25, 0.3) is 16.6 Å². The summed E-state index contributed by atoms with van der Waals surface area (Å²) in [6.07, 6.45) is 5.23. The lowest BCUT2D eigenvalue weighted by atomic mass is 10.2. The summed E-state index contributed by atoms with van der Waals surface area (Å²) in [6, 6.07) is 11.7. The molecule has 0 saturated carbocycles. The van der Waals surface area contributed by atoms with Gasteiger partial charge in [-0.1, -0.05) is 18.2 Å². The highest BCUT2D eigenvalue weighted by atomic mass is 15.4. The zero-order chi connectivity index (χ0) is 14.1. The van der Waals surface area contributed by atoms with Gasteiger partial charge in [0.25, 0.3) is 0 Å². The van der Waals surface area contributed by atoms with E-state index in [0.717, 1.165) is 16.5 Å². The molecule has 21 heavy (non-hydrogen) atoms. The van der Waals surface area contributed by atoms with E-state index in [1.165, 1.54) is 0 Å². The molecule has 0 unspecified atom stereocenters. The van der Waals surface area contributed by atoms with Gasteiger partial charge >= 0.3 is 0 Å². The third kappa shape index (κ3) is 2.10. The van der Waals surface area contributed by atoms with Crippen LogP contribution in [0.1, 0.15) is 5.56 Å². The highest BCUT2D eigenvalue weighted by molar-refractivity contribution is 5.99. The van der Waals surface area contributed by atoms with Gasteiger partial charge in [0.15, 0.2) is 11.5 Å². The van der Waals surface area contributed by atoms with E-state index in [1.807, 2.05) is 30.5 Å². The monoisotopic (exact) mass is 277 g/mol. The molecule has 0 aliphatic carbocycles. The highest BCUT2D eigenvalue weighted by Gasteiger charge is 2.00. The van der Waals surface area contributed by atoms with Gasteiger partial charge in [0.05, 0.1) is 6.21 Å². The molecule has 0 aliphatic heterocycles. The lowest BCUT2D eigenvalue weighted by Crippen LogP contribution is -1.97. The second-order valence-electron chi connectivity index (χ2n) is 4.51. The number of anilines is 1. The van der Waals surface area contributed by atoms with E-state index in [9.17, 15) is 0 Å². The minimum absolute atomic E-state index is 0.624. The van der Waals surface area contributed by atoms with Gasteiger partial charge in [0.1, 0.15) is 6.33 Å². The van der Waals surface area contributed by atoms with Gasteiger partial charge in [-0.3, -0.25) is 5.43 Å². The van der Waals surface area contributed by atoms with Crippen molar-refractivity contribution in [2.24, 2.45) is 5.10 Å². The predicted octanol–water partition coefficient (Wildman–Crippen LogP) is 2.05. The first kappa shape index (κ1) is 11.6. The zero-order valence-corrected chi connectivity index (χ0v) is 10.9. The lowest BCUT2D eigenvalue weighted by Gasteiger charge is -1.98. The Labute approximate surface area is 119 Å². The van der Waals surface area contributed by atoms with Crippen molar-refractivity contribution in [2.75, 3.05) is 5.43 Å². The molecule has 1 aromatic carbocycles. The van der Waals surface area contributed by atoms with E-state index in [4.69, 9.17) is 0 Å². The Morgan fingerprint density at radius 1 is 1.19 bits per heavy atom. The van der Waals surface area contributed by atoms with Crippen molar-refractivity contribution in [3.63, 3.8) is 0 Å². The van der Waals surface area contributed by atoms with E-state index in [0.29, 0.717) is 11.5 Å². The summed E-state index contributed by atoms with van der Waals surface area (Å²) in [7, 11) is 0. The number of para-hydroxylation sites is 1. The number of H-pyrrole nitrogens is 1. The maximum atomic E-state index is 4.28. The van der Waals surface area contributed by atoms with Crippen LogP contribution in [0.4, 0.5) is 5.82 Å². The number of rotatable bonds is 3. The smallest absolute Gasteiger partial charge is 0.177 e. The Morgan fingerprint density at radius 3 is 3.14 bits per heavy atom. The second kappa shape index (κ2) is 4.71. The fourth-order valence-corrected chi connectivity index (χ4v) is 2.16. The fraction of sp³-hybridized carbons (Fsp3) is 0. The van der Waals surface area contributed by atoms with E-state index in [1.54, 1.807) is 23.1 Å². The maximum absolute atomic E-state index is 4.28. The van der Waals surface area contributed by atoms with Crippen LogP contribution in [0.5, 0.6) is 0 Å². The molecule has 3 aromatic heterocycles. The average Bonchev–Trinajstić information content (AvgIpc) is 3.14. The van der Waals surface area contributed by atoms with Gasteiger partial charge in [0, 0.05) is 22.7 Å². The van der Waals surface area contributed by atoms with Crippen molar-refractivity contribution in [3.8, 4) is 0 Å². The first-order valence-electron chi connectivity index (χ1n) is 6.42.